The van der Waals surface area contributed by atoms with E-state index in [1.165, 1.54) is 0 Å². The summed E-state index contributed by atoms with van der Waals surface area (Å²) in [4.78, 5) is 17.3. The number of aromatic nitrogens is 1. The lowest BCUT2D eigenvalue weighted by Crippen LogP contribution is -2.35. The summed E-state index contributed by atoms with van der Waals surface area (Å²) in [6.45, 7) is 0.374. The first-order valence-electron chi connectivity index (χ1n) is 6.49. The van der Waals surface area contributed by atoms with E-state index in [2.05, 4.69) is 4.98 Å². The van der Waals surface area contributed by atoms with Gasteiger partial charge in [-0.05, 0) is 25.0 Å². The molecule has 0 bridgehead atoms. The second kappa shape index (κ2) is 4.59. The van der Waals surface area contributed by atoms with E-state index in [9.17, 15) is 4.79 Å². The van der Waals surface area contributed by atoms with Crippen molar-refractivity contribution in [3.63, 3.8) is 0 Å². The highest BCUT2D eigenvalue weighted by atomic mass is 16.3. The standard InChI is InChI=1S/C14H17N3O2/c15-11-3-1-2-9-8-12(16-13(9)11)14(19)17(6-7-18)10-4-5-10/h1-3,8,10,16,18H,4-7,15H2. The van der Waals surface area contributed by atoms with Crippen LogP contribution >= 0.6 is 0 Å². The minimum absolute atomic E-state index is 0.00932. The molecule has 1 aliphatic rings. The number of nitrogens with one attached hydrogen (secondary N) is 1. The lowest BCUT2D eigenvalue weighted by molar-refractivity contribution is 0.0702. The Morgan fingerprint density at radius 3 is 2.89 bits per heavy atom. The van der Waals surface area contributed by atoms with Crippen LogP contribution in [0.15, 0.2) is 24.3 Å². The molecule has 19 heavy (non-hydrogen) atoms. The van der Waals surface area contributed by atoms with Gasteiger partial charge in [0.1, 0.15) is 5.69 Å². The summed E-state index contributed by atoms with van der Waals surface area (Å²) in [5.74, 6) is -0.0628. The number of hydrogen-bond donors (Lipinski definition) is 3. The molecule has 100 valence electrons. The van der Waals surface area contributed by atoms with Crippen LogP contribution in [-0.2, 0) is 0 Å². The number of H-pyrrole nitrogens is 1. The lowest BCUT2D eigenvalue weighted by atomic mass is 10.2. The molecule has 2 aromatic rings. The Kier molecular flexibility index (Phi) is 2.91. The molecule has 0 atom stereocenters. The Hall–Kier alpha value is -2.01. The quantitative estimate of drug-likeness (QED) is 0.725. The van der Waals surface area contributed by atoms with Gasteiger partial charge in [-0.3, -0.25) is 4.79 Å². The van der Waals surface area contributed by atoms with Gasteiger partial charge >= 0.3 is 0 Å². The van der Waals surface area contributed by atoms with Crippen LogP contribution in [0.1, 0.15) is 23.3 Å². The number of fused-ring (bicyclic) bond motifs is 1. The lowest BCUT2D eigenvalue weighted by Gasteiger charge is -2.20. The SMILES string of the molecule is Nc1cccc2cc(C(=O)N(CCO)C3CC3)[nH]c12. The van der Waals surface area contributed by atoms with E-state index in [-0.39, 0.29) is 18.6 Å². The Bertz CT molecular complexity index is 616. The highest BCUT2D eigenvalue weighted by molar-refractivity contribution is 6.01. The number of rotatable bonds is 4. The fourth-order valence-electron chi connectivity index (χ4n) is 2.39. The van der Waals surface area contributed by atoms with E-state index in [1.54, 1.807) is 11.0 Å². The van der Waals surface area contributed by atoms with Crippen molar-refractivity contribution in [1.29, 1.82) is 0 Å². The summed E-state index contributed by atoms with van der Waals surface area (Å²) < 4.78 is 0. The first kappa shape index (κ1) is 12.0. The van der Waals surface area contributed by atoms with E-state index in [4.69, 9.17) is 10.8 Å². The number of aromatic amines is 1. The molecule has 0 radical (unpaired) electrons. The summed E-state index contributed by atoms with van der Waals surface area (Å²) in [6, 6.07) is 7.70. The average molecular weight is 259 g/mol. The molecule has 5 nitrogen and oxygen atoms in total. The van der Waals surface area contributed by atoms with Crippen LogP contribution in [0.4, 0.5) is 5.69 Å². The van der Waals surface area contributed by atoms with Crippen molar-refractivity contribution in [2.45, 2.75) is 18.9 Å². The van der Waals surface area contributed by atoms with Crippen LogP contribution in [0, 0.1) is 0 Å². The molecule has 1 aromatic carbocycles. The van der Waals surface area contributed by atoms with Gasteiger partial charge < -0.3 is 20.7 Å². The number of carbonyl (C=O) groups excluding carboxylic acids is 1. The minimum Gasteiger partial charge on any atom is -0.397 e. The molecular formula is C14H17N3O2. The van der Waals surface area contributed by atoms with E-state index < -0.39 is 0 Å². The normalized spacial score (nSPS) is 14.8. The number of carbonyl (C=O) groups is 1. The minimum atomic E-state index is -0.0628. The maximum absolute atomic E-state index is 12.4. The third kappa shape index (κ3) is 2.17. The van der Waals surface area contributed by atoms with E-state index in [0.717, 1.165) is 23.7 Å². The molecule has 0 aliphatic heterocycles. The van der Waals surface area contributed by atoms with E-state index in [1.807, 2.05) is 18.2 Å². The van der Waals surface area contributed by atoms with Gasteiger partial charge in [0.2, 0.25) is 0 Å². The Labute approximate surface area is 111 Å². The topological polar surface area (TPSA) is 82.3 Å². The average Bonchev–Trinajstić information content (AvgIpc) is 3.14. The zero-order chi connectivity index (χ0) is 13.4. The fourth-order valence-corrected chi connectivity index (χ4v) is 2.39. The first-order valence-corrected chi connectivity index (χ1v) is 6.49. The van der Waals surface area contributed by atoms with Gasteiger partial charge in [0.05, 0.1) is 17.8 Å². The molecule has 5 heteroatoms. The number of nitrogen functional groups attached to an aromatic ring is 1. The molecule has 4 N–H and O–H groups in total. The highest BCUT2D eigenvalue weighted by Gasteiger charge is 2.33. The van der Waals surface area contributed by atoms with Crippen molar-refractivity contribution in [1.82, 2.24) is 9.88 Å². The molecule has 0 spiro atoms. The van der Waals surface area contributed by atoms with Crippen molar-refractivity contribution >= 4 is 22.5 Å². The molecule has 0 unspecified atom stereocenters. The summed E-state index contributed by atoms with van der Waals surface area (Å²) in [7, 11) is 0. The summed E-state index contributed by atoms with van der Waals surface area (Å²) in [5, 5.41) is 10.0. The van der Waals surface area contributed by atoms with Crippen molar-refractivity contribution in [2.24, 2.45) is 0 Å². The van der Waals surface area contributed by atoms with Gasteiger partial charge in [0.25, 0.3) is 5.91 Å². The van der Waals surface area contributed by atoms with Crippen LogP contribution in [0.25, 0.3) is 10.9 Å². The number of para-hydroxylation sites is 1. The van der Waals surface area contributed by atoms with Gasteiger partial charge in [-0.1, -0.05) is 12.1 Å². The van der Waals surface area contributed by atoms with E-state index in [0.29, 0.717) is 17.9 Å². The Morgan fingerprint density at radius 1 is 1.47 bits per heavy atom. The number of nitrogens with two attached hydrogens (primary N) is 1. The number of aliphatic hydroxyl groups excluding tert-OH is 1. The Morgan fingerprint density at radius 2 is 2.26 bits per heavy atom. The molecule has 1 aliphatic carbocycles. The van der Waals surface area contributed by atoms with Crippen LogP contribution in [0.2, 0.25) is 0 Å². The maximum Gasteiger partial charge on any atom is 0.270 e. The highest BCUT2D eigenvalue weighted by Crippen LogP contribution is 2.29. The largest absolute Gasteiger partial charge is 0.397 e. The maximum atomic E-state index is 12.4. The summed E-state index contributed by atoms with van der Waals surface area (Å²) in [6.07, 6.45) is 2.04. The molecule has 1 amide bonds. The third-order valence-electron chi connectivity index (χ3n) is 3.51. The number of anilines is 1. The molecule has 1 aromatic heterocycles. The van der Waals surface area contributed by atoms with Crippen LogP contribution in [-0.4, -0.2) is 40.1 Å². The van der Waals surface area contributed by atoms with Crippen LogP contribution < -0.4 is 5.73 Å². The molecule has 0 saturated heterocycles. The third-order valence-corrected chi connectivity index (χ3v) is 3.51. The summed E-state index contributed by atoms with van der Waals surface area (Å²) in [5.41, 5.74) is 7.85. The number of benzene rings is 1. The zero-order valence-corrected chi connectivity index (χ0v) is 10.6. The van der Waals surface area contributed by atoms with Crippen LogP contribution in [0.3, 0.4) is 0 Å². The van der Waals surface area contributed by atoms with E-state index >= 15 is 0 Å². The second-order valence-corrected chi connectivity index (χ2v) is 4.95. The number of aliphatic hydroxyl groups is 1. The van der Waals surface area contributed by atoms with Crippen molar-refractivity contribution in [3.8, 4) is 0 Å². The smallest absolute Gasteiger partial charge is 0.270 e. The fraction of sp³-hybridized carbons (Fsp3) is 0.357. The van der Waals surface area contributed by atoms with Crippen molar-refractivity contribution < 1.29 is 9.90 Å². The zero-order valence-electron chi connectivity index (χ0n) is 10.6. The van der Waals surface area contributed by atoms with Crippen molar-refractivity contribution in [3.05, 3.63) is 30.0 Å². The Balaban J connectivity index is 1.94. The molecule has 1 fully saturated rings. The predicted molar refractivity (Wildman–Crippen MR) is 73.9 cm³/mol. The molecule has 1 heterocycles. The first-order chi connectivity index (χ1) is 9.20. The number of hydrogen-bond acceptors (Lipinski definition) is 3. The second-order valence-electron chi connectivity index (χ2n) is 4.95. The molecule has 1 saturated carbocycles. The van der Waals surface area contributed by atoms with Gasteiger partial charge in [-0.2, -0.15) is 0 Å². The summed E-state index contributed by atoms with van der Waals surface area (Å²) >= 11 is 0. The van der Waals surface area contributed by atoms with Gasteiger partial charge in [0.15, 0.2) is 0 Å². The predicted octanol–water partition coefficient (Wildman–Crippen LogP) is 1.35. The number of nitrogens with zero attached hydrogens (tertiary/aromatic N) is 1. The van der Waals surface area contributed by atoms with Crippen molar-refractivity contribution in [2.75, 3.05) is 18.9 Å². The monoisotopic (exact) mass is 259 g/mol. The van der Waals surface area contributed by atoms with Gasteiger partial charge in [0, 0.05) is 18.0 Å². The van der Waals surface area contributed by atoms with Crippen LogP contribution in [0.5, 0.6) is 0 Å². The molecule has 3 rings (SSSR count). The molecular weight excluding hydrogens is 242 g/mol. The van der Waals surface area contributed by atoms with Gasteiger partial charge in [-0.15, -0.1) is 0 Å². The number of amides is 1. The van der Waals surface area contributed by atoms with Gasteiger partial charge in [-0.25, -0.2) is 0 Å².